The number of rotatable bonds is 6. The lowest BCUT2D eigenvalue weighted by Crippen LogP contribution is -2.52. The van der Waals surface area contributed by atoms with Crippen molar-refractivity contribution in [1.29, 1.82) is 0 Å². The van der Waals surface area contributed by atoms with Gasteiger partial charge in [-0.25, -0.2) is 0 Å². The number of carbonyl (C=O) groups is 2. The summed E-state index contributed by atoms with van der Waals surface area (Å²) in [6.45, 7) is 0.635. The summed E-state index contributed by atoms with van der Waals surface area (Å²) in [5, 5.41) is 4.07. The third-order valence-electron chi connectivity index (χ3n) is 6.50. The van der Waals surface area contributed by atoms with Crippen LogP contribution in [0.25, 0.3) is 6.08 Å². The molecule has 1 saturated heterocycles. The Kier molecular flexibility index (Phi) is 8.10. The van der Waals surface area contributed by atoms with Crippen LogP contribution in [0.3, 0.4) is 0 Å². The molecule has 2 amide bonds. The van der Waals surface area contributed by atoms with Gasteiger partial charge in [0.2, 0.25) is 5.91 Å². The zero-order chi connectivity index (χ0) is 23.4. The molecule has 4 rings (SSSR count). The second-order valence-electron chi connectivity index (χ2n) is 8.57. The van der Waals surface area contributed by atoms with Crippen LogP contribution in [-0.4, -0.2) is 47.9 Å². The van der Waals surface area contributed by atoms with Crippen LogP contribution in [-0.2, 0) is 16.0 Å². The van der Waals surface area contributed by atoms with Gasteiger partial charge in [0.05, 0.1) is 4.91 Å². The predicted octanol–water partition coefficient (Wildman–Crippen LogP) is 5.50. The molecule has 2 aliphatic rings. The molecule has 1 saturated carbocycles. The number of halogens is 1. The van der Waals surface area contributed by atoms with Gasteiger partial charge in [-0.3, -0.25) is 9.59 Å². The van der Waals surface area contributed by atoms with Crippen LogP contribution < -0.4 is 5.32 Å². The van der Waals surface area contributed by atoms with Gasteiger partial charge in [-0.05, 0) is 67.3 Å². The first-order valence-electron chi connectivity index (χ1n) is 11.3. The maximum atomic E-state index is 13.0. The maximum Gasteiger partial charge on any atom is 0.260 e. The Morgan fingerprint density at radius 1 is 1.21 bits per heavy atom. The Morgan fingerprint density at radius 2 is 1.97 bits per heavy atom. The molecular formula is C26H29ClN2O2S2. The predicted molar refractivity (Wildman–Crippen MR) is 140 cm³/mol. The molecule has 4 nitrogen and oxygen atoms in total. The second-order valence-corrected chi connectivity index (χ2v) is 11.1. The van der Waals surface area contributed by atoms with Crippen molar-refractivity contribution in [2.45, 2.75) is 41.9 Å². The van der Waals surface area contributed by atoms with Crippen LogP contribution in [0.15, 0.2) is 58.3 Å². The summed E-state index contributed by atoms with van der Waals surface area (Å²) in [5.41, 5.74) is 2.08. The van der Waals surface area contributed by atoms with Crippen LogP contribution >= 0.6 is 35.1 Å². The molecule has 3 unspecified atom stereocenters. The van der Waals surface area contributed by atoms with Gasteiger partial charge in [0.15, 0.2) is 0 Å². The molecule has 33 heavy (non-hydrogen) atoms. The zero-order valence-electron chi connectivity index (χ0n) is 18.9. The largest absolute Gasteiger partial charge is 0.356 e. The van der Waals surface area contributed by atoms with Gasteiger partial charge >= 0.3 is 0 Å². The number of nitrogens with one attached hydrogen (secondary N) is 1. The number of thioether (sulfide) groups is 2. The first-order chi connectivity index (χ1) is 16.0. The number of carbonyl (C=O) groups excluding carboxylic acids is 2. The molecular weight excluding hydrogens is 472 g/mol. The standard InChI is InChI=1S/C26H29ClN2O2S2/c1-29-22-15-19(25(30)28-14-13-17-7-10-20(32-2)11-8-17)9-12-23(22)33-24(26(29)31)16-18-5-3-4-6-21(18)27/h3-8,10-11,16,19,22-23H,9,12-15H2,1-2H3,(H,28,30)/b24-16+. The van der Waals surface area contributed by atoms with Crippen molar-refractivity contribution in [3.8, 4) is 0 Å². The molecule has 174 valence electrons. The molecule has 1 aliphatic carbocycles. The lowest BCUT2D eigenvalue weighted by atomic mass is 9.83. The van der Waals surface area contributed by atoms with Crippen molar-refractivity contribution in [1.82, 2.24) is 10.2 Å². The Hall–Kier alpha value is -1.89. The highest BCUT2D eigenvalue weighted by molar-refractivity contribution is 8.04. The summed E-state index contributed by atoms with van der Waals surface area (Å²) in [5.74, 6) is 0.0726. The van der Waals surface area contributed by atoms with Crippen molar-refractivity contribution in [2.75, 3.05) is 19.8 Å². The third kappa shape index (κ3) is 5.79. The molecule has 1 aliphatic heterocycles. The maximum absolute atomic E-state index is 13.0. The van der Waals surface area contributed by atoms with E-state index in [1.165, 1.54) is 10.5 Å². The summed E-state index contributed by atoms with van der Waals surface area (Å²) < 4.78 is 0. The topological polar surface area (TPSA) is 49.4 Å². The van der Waals surface area contributed by atoms with Gasteiger partial charge in [-0.15, -0.1) is 23.5 Å². The zero-order valence-corrected chi connectivity index (χ0v) is 21.3. The molecule has 0 radical (unpaired) electrons. The van der Waals surface area contributed by atoms with Crippen LogP contribution in [0, 0.1) is 5.92 Å². The molecule has 2 aromatic carbocycles. The van der Waals surface area contributed by atoms with E-state index in [-0.39, 0.29) is 23.8 Å². The summed E-state index contributed by atoms with van der Waals surface area (Å²) in [6.07, 6.45) is 7.27. The first-order valence-corrected chi connectivity index (χ1v) is 13.7. The van der Waals surface area contributed by atoms with E-state index in [4.69, 9.17) is 11.6 Å². The fourth-order valence-electron chi connectivity index (χ4n) is 4.54. The highest BCUT2D eigenvalue weighted by Crippen LogP contribution is 2.43. The van der Waals surface area contributed by atoms with E-state index in [0.29, 0.717) is 23.2 Å². The SMILES string of the molecule is CSc1ccc(CCNC(=O)C2CCC3S/C(=C/c4ccccc4Cl)C(=O)N(C)C3C2)cc1. The van der Waals surface area contributed by atoms with Crippen molar-refractivity contribution >= 4 is 53.0 Å². The van der Waals surface area contributed by atoms with Gasteiger partial charge in [-0.2, -0.15) is 0 Å². The lowest BCUT2D eigenvalue weighted by Gasteiger charge is -2.44. The van der Waals surface area contributed by atoms with E-state index in [2.05, 4.69) is 35.8 Å². The molecule has 2 fully saturated rings. The Labute approximate surface area is 209 Å². The van der Waals surface area contributed by atoms with Crippen molar-refractivity contribution < 1.29 is 9.59 Å². The smallest absolute Gasteiger partial charge is 0.260 e. The van der Waals surface area contributed by atoms with E-state index < -0.39 is 0 Å². The molecule has 0 bridgehead atoms. The fraction of sp³-hybridized carbons (Fsp3) is 0.385. The van der Waals surface area contributed by atoms with Crippen molar-refractivity contribution in [2.24, 2.45) is 5.92 Å². The second kappa shape index (κ2) is 11.0. The first kappa shape index (κ1) is 24.2. The van der Waals surface area contributed by atoms with Gasteiger partial charge in [0.25, 0.3) is 5.91 Å². The molecule has 1 heterocycles. The van der Waals surface area contributed by atoms with Crippen LogP contribution in [0.1, 0.15) is 30.4 Å². The molecule has 0 aromatic heterocycles. The Balaban J connectivity index is 1.33. The monoisotopic (exact) mass is 500 g/mol. The Morgan fingerprint density at radius 3 is 2.70 bits per heavy atom. The number of hydrogen-bond acceptors (Lipinski definition) is 4. The average molecular weight is 501 g/mol. The number of fused-ring (bicyclic) bond motifs is 1. The highest BCUT2D eigenvalue weighted by Gasteiger charge is 2.42. The quantitative estimate of drug-likeness (QED) is 0.420. The lowest BCUT2D eigenvalue weighted by molar-refractivity contribution is -0.131. The van der Waals surface area contributed by atoms with Gasteiger partial charge in [0, 0.05) is 40.7 Å². The van der Waals surface area contributed by atoms with Crippen molar-refractivity contribution in [3.05, 3.63) is 69.6 Å². The van der Waals surface area contributed by atoms with E-state index in [1.54, 1.807) is 23.5 Å². The third-order valence-corrected chi connectivity index (χ3v) is 8.98. The summed E-state index contributed by atoms with van der Waals surface area (Å²) in [7, 11) is 1.86. The minimum atomic E-state index is -0.0462. The number of amides is 2. The molecule has 3 atom stereocenters. The number of likely N-dealkylation sites (N-methyl/N-ethyl adjacent to an activating group) is 1. The molecule has 7 heteroatoms. The van der Waals surface area contributed by atoms with E-state index in [9.17, 15) is 9.59 Å². The summed E-state index contributed by atoms with van der Waals surface area (Å²) in [4.78, 5) is 29.7. The normalized spacial score (nSPS) is 24.0. The van der Waals surface area contributed by atoms with Gasteiger partial charge in [0.1, 0.15) is 0 Å². The van der Waals surface area contributed by atoms with E-state index in [1.807, 2.05) is 42.3 Å². The fourth-order valence-corrected chi connectivity index (χ4v) is 6.60. The van der Waals surface area contributed by atoms with E-state index in [0.717, 1.165) is 29.7 Å². The Bertz CT molecular complexity index is 1040. The summed E-state index contributed by atoms with van der Waals surface area (Å²) in [6, 6.07) is 16.1. The van der Waals surface area contributed by atoms with Crippen LogP contribution in [0.2, 0.25) is 5.02 Å². The van der Waals surface area contributed by atoms with Gasteiger partial charge < -0.3 is 10.2 Å². The average Bonchev–Trinajstić information content (AvgIpc) is 2.84. The number of nitrogens with zero attached hydrogens (tertiary/aromatic N) is 1. The highest BCUT2D eigenvalue weighted by atomic mass is 35.5. The minimum Gasteiger partial charge on any atom is -0.356 e. The minimum absolute atomic E-state index is 0.0101. The molecule has 0 spiro atoms. The number of benzene rings is 2. The van der Waals surface area contributed by atoms with E-state index >= 15 is 0 Å². The molecule has 2 aromatic rings. The number of hydrogen-bond donors (Lipinski definition) is 1. The van der Waals surface area contributed by atoms with Crippen LogP contribution in [0.4, 0.5) is 0 Å². The van der Waals surface area contributed by atoms with Gasteiger partial charge in [-0.1, -0.05) is 41.9 Å². The summed E-state index contributed by atoms with van der Waals surface area (Å²) >= 11 is 9.66. The van der Waals surface area contributed by atoms with Crippen molar-refractivity contribution in [3.63, 3.8) is 0 Å². The molecule has 1 N–H and O–H groups in total. The van der Waals surface area contributed by atoms with Crippen LogP contribution in [0.5, 0.6) is 0 Å².